The van der Waals surface area contributed by atoms with Gasteiger partial charge in [0.25, 0.3) is 0 Å². The van der Waals surface area contributed by atoms with Crippen LogP contribution in [0.4, 0.5) is 0 Å². The zero-order valence-corrected chi connectivity index (χ0v) is 16.4. The predicted octanol–water partition coefficient (Wildman–Crippen LogP) is 4.49. The molecule has 0 saturated heterocycles. The van der Waals surface area contributed by atoms with Crippen LogP contribution in [0.25, 0.3) is 0 Å². The van der Waals surface area contributed by atoms with Gasteiger partial charge in [0.15, 0.2) is 14.6 Å². The second kappa shape index (κ2) is 9.50. The standard InChI is InChI=1S/C17H34O4Si/c1-10-16(19-11-2)21-15(12-14(3)18-7)13-20-22(8,9)17(4,5)6/h10,15-16H,1,3,11-13H2,2,4-9H3/t15-,16?/m1/s1. The lowest BCUT2D eigenvalue weighted by Gasteiger charge is -2.37. The molecule has 0 amide bonds. The molecule has 22 heavy (non-hydrogen) atoms. The maximum absolute atomic E-state index is 6.25. The lowest BCUT2D eigenvalue weighted by Crippen LogP contribution is -2.43. The summed E-state index contributed by atoms with van der Waals surface area (Å²) in [6.45, 7) is 21.7. The Balaban J connectivity index is 4.79. The number of rotatable bonds is 11. The number of hydrogen-bond donors (Lipinski definition) is 0. The molecule has 0 fully saturated rings. The molecule has 0 aliphatic rings. The van der Waals surface area contributed by atoms with E-state index >= 15 is 0 Å². The van der Waals surface area contributed by atoms with E-state index in [2.05, 4.69) is 47.0 Å². The van der Waals surface area contributed by atoms with Crippen molar-refractivity contribution in [2.24, 2.45) is 0 Å². The van der Waals surface area contributed by atoms with Crippen molar-refractivity contribution in [3.63, 3.8) is 0 Å². The summed E-state index contributed by atoms with van der Waals surface area (Å²) in [6, 6.07) is 0. The minimum atomic E-state index is -1.83. The summed E-state index contributed by atoms with van der Waals surface area (Å²) in [7, 11) is -0.213. The Bertz CT molecular complexity index is 347. The summed E-state index contributed by atoms with van der Waals surface area (Å²) in [6.07, 6.45) is 1.61. The molecule has 1 unspecified atom stereocenters. The molecule has 2 atom stereocenters. The van der Waals surface area contributed by atoms with E-state index in [4.69, 9.17) is 18.6 Å². The van der Waals surface area contributed by atoms with E-state index in [9.17, 15) is 0 Å². The smallest absolute Gasteiger partial charge is 0.192 e. The van der Waals surface area contributed by atoms with Crippen LogP contribution >= 0.6 is 0 Å². The Morgan fingerprint density at radius 2 is 1.86 bits per heavy atom. The summed E-state index contributed by atoms with van der Waals surface area (Å²) < 4.78 is 22.8. The topological polar surface area (TPSA) is 36.9 Å². The first-order valence-corrected chi connectivity index (χ1v) is 10.7. The molecule has 0 aromatic heterocycles. The SMILES string of the molecule is C=CC(OCC)O[C@@H](CO[Si](C)(C)C(C)(C)C)CC(=C)OC. The molecule has 0 aliphatic carbocycles. The number of hydrogen-bond acceptors (Lipinski definition) is 4. The Kier molecular flexibility index (Phi) is 9.23. The third-order valence-corrected chi connectivity index (χ3v) is 8.53. The van der Waals surface area contributed by atoms with E-state index in [-0.39, 0.29) is 11.1 Å². The van der Waals surface area contributed by atoms with Crippen LogP contribution in [-0.4, -0.2) is 41.0 Å². The molecule has 0 spiro atoms. The maximum atomic E-state index is 6.25. The van der Waals surface area contributed by atoms with Gasteiger partial charge in [0.1, 0.15) is 0 Å². The molecule has 0 saturated carbocycles. The highest BCUT2D eigenvalue weighted by molar-refractivity contribution is 6.74. The average Bonchev–Trinajstić information content (AvgIpc) is 2.42. The van der Waals surface area contributed by atoms with Gasteiger partial charge in [-0.05, 0) is 31.1 Å². The van der Waals surface area contributed by atoms with E-state index < -0.39 is 14.6 Å². The van der Waals surface area contributed by atoms with E-state index in [1.165, 1.54) is 0 Å². The van der Waals surface area contributed by atoms with E-state index in [1.807, 2.05) is 6.92 Å². The van der Waals surface area contributed by atoms with Crippen LogP contribution in [0.2, 0.25) is 18.1 Å². The molecule has 0 N–H and O–H groups in total. The van der Waals surface area contributed by atoms with Gasteiger partial charge in [-0.2, -0.15) is 0 Å². The fourth-order valence-corrected chi connectivity index (χ4v) is 2.55. The third-order valence-electron chi connectivity index (χ3n) is 4.03. The summed E-state index contributed by atoms with van der Waals surface area (Å²) in [5, 5.41) is 0.160. The molecule has 0 bridgehead atoms. The number of ether oxygens (including phenoxy) is 3. The summed E-state index contributed by atoms with van der Waals surface area (Å²) in [5.41, 5.74) is 0. The van der Waals surface area contributed by atoms with Crippen LogP contribution in [0.15, 0.2) is 25.0 Å². The Morgan fingerprint density at radius 1 is 1.27 bits per heavy atom. The van der Waals surface area contributed by atoms with Gasteiger partial charge < -0.3 is 18.6 Å². The minimum absolute atomic E-state index is 0.160. The van der Waals surface area contributed by atoms with Crippen molar-refractivity contribution in [1.29, 1.82) is 0 Å². The van der Waals surface area contributed by atoms with Gasteiger partial charge in [0.2, 0.25) is 0 Å². The van der Waals surface area contributed by atoms with Crippen molar-refractivity contribution < 1.29 is 18.6 Å². The molecule has 0 radical (unpaired) electrons. The van der Waals surface area contributed by atoms with Gasteiger partial charge in [-0.25, -0.2) is 0 Å². The first kappa shape index (κ1) is 21.4. The van der Waals surface area contributed by atoms with Gasteiger partial charge in [-0.3, -0.25) is 0 Å². The molecular formula is C17H34O4Si. The molecule has 4 nitrogen and oxygen atoms in total. The third kappa shape index (κ3) is 7.58. The van der Waals surface area contributed by atoms with Crippen LogP contribution in [0.1, 0.15) is 34.1 Å². The van der Waals surface area contributed by atoms with E-state index in [0.29, 0.717) is 25.4 Å². The highest BCUT2D eigenvalue weighted by Crippen LogP contribution is 2.36. The van der Waals surface area contributed by atoms with Gasteiger partial charge in [0.05, 0.1) is 25.6 Å². The van der Waals surface area contributed by atoms with Crippen molar-refractivity contribution in [2.45, 2.75) is 64.6 Å². The molecule has 130 valence electrons. The zero-order chi connectivity index (χ0) is 17.4. The monoisotopic (exact) mass is 330 g/mol. The minimum Gasteiger partial charge on any atom is -0.502 e. The summed E-state index contributed by atoms with van der Waals surface area (Å²) in [5.74, 6) is 0.670. The largest absolute Gasteiger partial charge is 0.502 e. The first-order valence-electron chi connectivity index (χ1n) is 7.82. The van der Waals surface area contributed by atoms with Crippen LogP contribution in [0.5, 0.6) is 0 Å². The Hall–Kier alpha value is -0.623. The van der Waals surface area contributed by atoms with Crippen molar-refractivity contribution in [2.75, 3.05) is 20.3 Å². The van der Waals surface area contributed by atoms with Gasteiger partial charge in [0, 0.05) is 13.0 Å². The molecule has 0 aromatic carbocycles. The molecule has 0 aromatic rings. The molecule has 0 heterocycles. The maximum Gasteiger partial charge on any atom is 0.192 e. The van der Waals surface area contributed by atoms with Crippen LogP contribution < -0.4 is 0 Å². The molecule has 5 heteroatoms. The average molecular weight is 331 g/mol. The quantitative estimate of drug-likeness (QED) is 0.242. The second-order valence-electron chi connectivity index (χ2n) is 6.84. The second-order valence-corrected chi connectivity index (χ2v) is 11.6. The van der Waals surface area contributed by atoms with Crippen molar-refractivity contribution >= 4 is 8.32 Å². The van der Waals surface area contributed by atoms with Crippen LogP contribution in [0, 0.1) is 0 Å². The first-order chi connectivity index (χ1) is 10.1. The molecule has 0 aliphatic heterocycles. The lowest BCUT2D eigenvalue weighted by atomic mass is 10.2. The van der Waals surface area contributed by atoms with Crippen LogP contribution in [0.3, 0.4) is 0 Å². The Morgan fingerprint density at radius 3 is 2.27 bits per heavy atom. The zero-order valence-electron chi connectivity index (χ0n) is 15.4. The van der Waals surface area contributed by atoms with Crippen LogP contribution in [-0.2, 0) is 18.6 Å². The predicted molar refractivity (Wildman–Crippen MR) is 94.4 cm³/mol. The van der Waals surface area contributed by atoms with Crippen molar-refractivity contribution in [1.82, 2.24) is 0 Å². The van der Waals surface area contributed by atoms with E-state index in [0.717, 1.165) is 0 Å². The van der Waals surface area contributed by atoms with Gasteiger partial charge in [-0.1, -0.05) is 33.9 Å². The van der Waals surface area contributed by atoms with Gasteiger partial charge >= 0.3 is 0 Å². The van der Waals surface area contributed by atoms with Crippen molar-refractivity contribution in [3.8, 4) is 0 Å². The summed E-state index contributed by atoms with van der Waals surface area (Å²) in [4.78, 5) is 0. The Labute approximate surface area is 137 Å². The fraction of sp³-hybridized carbons (Fsp3) is 0.765. The van der Waals surface area contributed by atoms with Crippen molar-refractivity contribution in [3.05, 3.63) is 25.0 Å². The molecule has 0 rings (SSSR count). The van der Waals surface area contributed by atoms with Gasteiger partial charge in [-0.15, -0.1) is 0 Å². The highest BCUT2D eigenvalue weighted by atomic mass is 28.4. The fourth-order valence-electron chi connectivity index (χ4n) is 1.52. The highest BCUT2D eigenvalue weighted by Gasteiger charge is 2.37. The summed E-state index contributed by atoms with van der Waals surface area (Å²) >= 11 is 0. The molecular weight excluding hydrogens is 296 g/mol. The number of methoxy groups -OCH3 is 1. The van der Waals surface area contributed by atoms with E-state index in [1.54, 1.807) is 13.2 Å². The normalized spacial score (nSPS) is 15.2. The lowest BCUT2D eigenvalue weighted by molar-refractivity contribution is -0.149.